The quantitative estimate of drug-likeness (QED) is 0.410. The summed E-state index contributed by atoms with van der Waals surface area (Å²) in [6.07, 6.45) is 7.16. The Balaban J connectivity index is 1.53. The Morgan fingerprint density at radius 2 is 1.93 bits per heavy atom. The lowest BCUT2D eigenvalue weighted by Crippen LogP contribution is -2.26. The van der Waals surface area contributed by atoms with Gasteiger partial charge in [0, 0.05) is 12.5 Å². The lowest BCUT2D eigenvalue weighted by Gasteiger charge is -2.20. The summed E-state index contributed by atoms with van der Waals surface area (Å²) >= 11 is 0. The number of H-pyrrole nitrogens is 1. The van der Waals surface area contributed by atoms with Crippen molar-refractivity contribution < 1.29 is 0 Å². The van der Waals surface area contributed by atoms with Crippen LogP contribution < -0.4 is 0 Å². The third kappa shape index (κ3) is 3.63. The number of aryl methyl sites for hydroxylation is 1. The average Bonchev–Trinajstić information content (AvgIpc) is 3.37. The van der Waals surface area contributed by atoms with Gasteiger partial charge in [0.1, 0.15) is 5.82 Å². The molecule has 30 heavy (non-hydrogen) atoms. The molecule has 0 spiro atoms. The van der Waals surface area contributed by atoms with Gasteiger partial charge in [0.25, 0.3) is 0 Å². The number of rotatable bonds is 6. The number of hydrogen-bond acceptors (Lipinski definition) is 2. The lowest BCUT2D eigenvalue weighted by atomic mass is 9.93. The Hall–Kier alpha value is -2.65. The molecule has 0 bridgehead atoms. The average molecular weight is 398 g/mol. The summed E-state index contributed by atoms with van der Waals surface area (Å²) in [5, 5.41) is 2.74. The van der Waals surface area contributed by atoms with Crippen molar-refractivity contribution in [3.8, 4) is 11.1 Å². The lowest BCUT2D eigenvalue weighted by molar-refractivity contribution is 0.310. The molecule has 1 N–H and O–H groups in total. The van der Waals surface area contributed by atoms with Crippen molar-refractivity contribution >= 4 is 21.8 Å². The van der Waals surface area contributed by atoms with E-state index in [1.165, 1.54) is 59.7 Å². The minimum Gasteiger partial charge on any atom is -0.342 e. The Kier molecular flexibility index (Phi) is 5.30. The van der Waals surface area contributed by atoms with Crippen LogP contribution in [0, 0.1) is 0 Å². The number of benzene rings is 3. The molecule has 1 aliphatic heterocycles. The van der Waals surface area contributed by atoms with E-state index in [4.69, 9.17) is 4.98 Å². The van der Waals surface area contributed by atoms with Crippen LogP contribution in [0.15, 0.2) is 54.6 Å². The van der Waals surface area contributed by atoms with Crippen LogP contribution in [0.1, 0.15) is 44.0 Å². The van der Waals surface area contributed by atoms with E-state index in [0.29, 0.717) is 6.04 Å². The summed E-state index contributed by atoms with van der Waals surface area (Å²) in [7, 11) is 2.27. The number of likely N-dealkylation sites (tertiary alicyclic amines) is 1. The van der Waals surface area contributed by atoms with Crippen molar-refractivity contribution in [2.75, 3.05) is 13.6 Å². The van der Waals surface area contributed by atoms with E-state index in [1.54, 1.807) is 0 Å². The summed E-state index contributed by atoms with van der Waals surface area (Å²) < 4.78 is 0. The highest BCUT2D eigenvalue weighted by atomic mass is 15.1. The van der Waals surface area contributed by atoms with Gasteiger partial charge in [-0.3, -0.25) is 0 Å². The number of hydrogen-bond donors (Lipinski definition) is 1. The number of likely N-dealkylation sites (N-methyl/N-ethyl adjacent to an activating group) is 1. The fourth-order valence-corrected chi connectivity index (χ4v) is 4.99. The van der Waals surface area contributed by atoms with E-state index in [-0.39, 0.29) is 0 Å². The highest BCUT2D eigenvalue weighted by Crippen LogP contribution is 2.33. The van der Waals surface area contributed by atoms with Crippen molar-refractivity contribution in [2.24, 2.45) is 0 Å². The second kappa shape index (κ2) is 8.23. The molecule has 2 heterocycles. The smallest absolute Gasteiger partial charge is 0.107 e. The number of imidazole rings is 1. The first-order chi connectivity index (χ1) is 14.7. The van der Waals surface area contributed by atoms with Crippen molar-refractivity contribution in [3.63, 3.8) is 0 Å². The first-order valence-corrected chi connectivity index (χ1v) is 11.4. The maximum atomic E-state index is 4.77. The molecule has 1 fully saturated rings. The van der Waals surface area contributed by atoms with Gasteiger partial charge in [0.2, 0.25) is 0 Å². The van der Waals surface area contributed by atoms with E-state index in [1.807, 2.05) is 0 Å². The predicted molar refractivity (Wildman–Crippen MR) is 127 cm³/mol. The van der Waals surface area contributed by atoms with Gasteiger partial charge in [-0.1, -0.05) is 55.8 Å². The third-order valence-electron chi connectivity index (χ3n) is 6.75. The zero-order chi connectivity index (χ0) is 20.5. The Morgan fingerprint density at radius 1 is 1.07 bits per heavy atom. The first-order valence-electron chi connectivity index (χ1n) is 11.4. The molecule has 3 heteroatoms. The second-order valence-electron chi connectivity index (χ2n) is 8.82. The van der Waals surface area contributed by atoms with Gasteiger partial charge in [-0.05, 0) is 78.9 Å². The minimum atomic E-state index is 0.669. The van der Waals surface area contributed by atoms with E-state index >= 15 is 0 Å². The monoisotopic (exact) mass is 397 g/mol. The van der Waals surface area contributed by atoms with Gasteiger partial charge in [-0.25, -0.2) is 4.98 Å². The largest absolute Gasteiger partial charge is 0.342 e. The number of fused-ring (bicyclic) bond motifs is 2. The summed E-state index contributed by atoms with van der Waals surface area (Å²) in [6.45, 7) is 3.45. The Labute approximate surface area is 179 Å². The molecule has 5 rings (SSSR count). The fourth-order valence-electron chi connectivity index (χ4n) is 4.99. The Bertz CT molecular complexity index is 1170. The van der Waals surface area contributed by atoms with Gasteiger partial charge >= 0.3 is 0 Å². The molecule has 1 aromatic heterocycles. The molecule has 1 unspecified atom stereocenters. The molecular weight excluding hydrogens is 366 g/mol. The minimum absolute atomic E-state index is 0.669. The molecule has 0 radical (unpaired) electrons. The Morgan fingerprint density at radius 3 is 2.77 bits per heavy atom. The van der Waals surface area contributed by atoms with Crippen LogP contribution in [-0.4, -0.2) is 34.5 Å². The molecule has 0 saturated carbocycles. The molecule has 3 aromatic carbocycles. The van der Waals surface area contributed by atoms with E-state index in [9.17, 15) is 0 Å². The van der Waals surface area contributed by atoms with E-state index in [2.05, 4.69) is 78.5 Å². The highest BCUT2D eigenvalue weighted by Gasteiger charge is 2.21. The standard InChI is InChI=1S/C27H31N3/c1-3-4-13-27-28-25-15-14-20(18-26(25)29-27)23-11-6-10-22-19(8-5-12-24(22)23)17-21-9-7-16-30(21)2/h5-6,8,10-12,14-15,18,21H,3-4,7,9,13,16-17H2,1-2H3,(H,28,29). The van der Waals surface area contributed by atoms with Crippen molar-refractivity contribution in [2.45, 2.75) is 51.5 Å². The molecule has 1 atom stereocenters. The molecule has 154 valence electrons. The molecule has 0 amide bonds. The van der Waals surface area contributed by atoms with Crippen LogP contribution in [0.3, 0.4) is 0 Å². The summed E-state index contributed by atoms with van der Waals surface area (Å²) in [5.74, 6) is 1.10. The molecule has 0 aliphatic carbocycles. The van der Waals surface area contributed by atoms with Crippen molar-refractivity contribution in [3.05, 3.63) is 66.0 Å². The zero-order valence-electron chi connectivity index (χ0n) is 18.1. The number of aromatic nitrogens is 2. The van der Waals surface area contributed by atoms with E-state index < -0.39 is 0 Å². The molecule has 1 saturated heterocycles. The maximum Gasteiger partial charge on any atom is 0.107 e. The first kappa shape index (κ1) is 19.3. The summed E-state index contributed by atoms with van der Waals surface area (Å²) in [6, 6.07) is 20.9. The highest BCUT2D eigenvalue weighted by molar-refractivity contribution is 5.99. The van der Waals surface area contributed by atoms with Crippen LogP contribution in [0.2, 0.25) is 0 Å². The predicted octanol–water partition coefficient (Wildman–Crippen LogP) is 6.36. The second-order valence-corrected chi connectivity index (χ2v) is 8.82. The summed E-state index contributed by atoms with van der Waals surface area (Å²) in [4.78, 5) is 10.8. The molecular formula is C27H31N3. The van der Waals surface area contributed by atoms with Crippen LogP contribution in [-0.2, 0) is 12.8 Å². The number of aromatic amines is 1. The normalized spacial score (nSPS) is 17.3. The number of unbranched alkanes of at least 4 members (excludes halogenated alkanes) is 1. The fraction of sp³-hybridized carbons (Fsp3) is 0.370. The molecule has 3 nitrogen and oxygen atoms in total. The maximum absolute atomic E-state index is 4.77. The number of nitrogens with zero attached hydrogens (tertiary/aromatic N) is 2. The topological polar surface area (TPSA) is 31.9 Å². The van der Waals surface area contributed by atoms with Gasteiger partial charge < -0.3 is 9.88 Å². The van der Waals surface area contributed by atoms with Crippen molar-refractivity contribution in [1.82, 2.24) is 14.9 Å². The molecule has 4 aromatic rings. The third-order valence-corrected chi connectivity index (χ3v) is 6.75. The van der Waals surface area contributed by atoms with Crippen LogP contribution >= 0.6 is 0 Å². The summed E-state index contributed by atoms with van der Waals surface area (Å²) in [5.41, 5.74) is 6.24. The van der Waals surface area contributed by atoms with Crippen molar-refractivity contribution in [1.29, 1.82) is 0 Å². The SMILES string of the molecule is CCCCc1nc2ccc(-c3cccc4c(CC5CCCN5C)cccc34)cc2[nH]1. The van der Waals surface area contributed by atoms with Gasteiger partial charge in [-0.15, -0.1) is 0 Å². The van der Waals surface area contributed by atoms with Gasteiger partial charge in [0.15, 0.2) is 0 Å². The van der Waals surface area contributed by atoms with Gasteiger partial charge in [0.05, 0.1) is 11.0 Å². The molecule has 1 aliphatic rings. The number of nitrogens with one attached hydrogen (secondary N) is 1. The van der Waals surface area contributed by atoms with Crippen LogP contribution in [0.5, 0.6) is 0 Å². The van der Waals surface area contributed by atoms with Gasteiger partial charge in [-0.2, -0.15) is 0 Å². The zero-order valence-corrected chi connectivity index (χ0v) is 18.1. The van der Waals surface area contributed by atoms with Crippen LogP contribution in [0.25, 0.3) is 32.9 Å². The van der Waals surface area contributed by atoms with E-state index in [0.717, 1.165) is 29.7 Å². The van der Waals surface area contributed by atoms with Crippen LogP contribution in [0.4, 0.5) is 0 Å².